The van der Waals surface area contributed by atoms with Crippen LogP contribution in [-0.2, 0) is 0 Å². The van der Waals surface area contributed by atoms with Gasteiger partial charge in [0.25, 0.3) is 5.88 Å². The lowest BCUT2D eigenvalue weighted by Crippen LogP contribution is -1.95. The summed E-state index contributed by atoms with van der Waals surface area (Å²) < 4.78 is 24.3. The number of rotatable bonds is 3. The van der Waals surface area contributed by atoms with Crippen molar-refractivity contribution in [3.8, 4) is 17.4 Å². The number of benzene rings is 1. The molecule has 1 aromatic heterocycles. The lowest BCUT2D eigenvalue weighted by molar-refractivity contribution is 0.397. The summed E-state index contributed by atoms with van der Waals surface area (Å²) in [6, 6.07) is 6.90. The molecule has 0 spiro atoms. The van der Waals surface area contributed by atoms with Gasteiger partial charge in [0.1, 0.15) is 11.5 Å². The molecule has 18 heavy (non-hydrogen) atoms. The summed E-state index contributed by atoms with van der Waals surface area (Å²) in [5.41, 5.74) is 1.49. The number of hydrogen-bond donors (Lipinski definition) is 0. The topological polar surface area (TPSA) is 31.4 Å². The summed E-state index contributed by atoms with van der Waals surface area (Å²) in [5, 5.41) is 0. The number of aromatic nitrogens is 1. The lowest BCUT2D eigenvalue weighted by Gasteiger charge is -2.09. The van der Waals surface area contributed by atoms with Gasteiger partial charge < -0.3 is 9.47 Å². The van der Waals surface area contributed by atoms with Crippen LogP contribution >= 0.6 is 0 Å². The molecule has 4 heteroatoms. The minimum atomic E-state index is -0.447. The Kier molecular flexibility index (Phi) is 3.46. The molecular formula is C14H14FNO2. The van der Waals surface area contributed by atoms with Crippen molar-refractivity contribution in [3.05, 3.63) is 47.4 Å². The number of nitrogens with zero attached hydrogens (tertiary/aromatic N) is 1. The maximum Gasteiger partial charge on any atom is 0.256 e. The Morgan fingerprint density at radius 3 is 2.61 bits per heavy atom. The van der Waals surface area contributed by atoms with Crippen LogP contribution in [0.5, 0.6) is 17.4 Å². The summed E-state index contributed by atoms with van der Waals surface area (Å²) in [5.74, 6) is 0.716. The molecule has 0 fully saturated rings. The lowest BCUT2D eigenvalue weighted by atomic mass is 10.2. The van der Waals surface area contributed by atoms with Crippen molar-refractivity contribution in [2.75, 3.05) is 7.11 Å². The second kappa shape index (κ2) is 5.04. The van der Waals surface area contributed by atoms with E-state index in [1.165, 1.54) is 6.20 Å². The van der Waals surface area contributed by atoms with Crippen LogP contribution in [0.3, 0.4) is 0 Å². The fourth-order valence-electron chi connectivity index (χ4n) is 1.56. The van der Waals surface area contributed by atoms with Gasteiger partial charge in [0.15, 0.2) is 5.82 Å². The molecule has 3 nitrogen and oxygen atoms in total. The Morgan fingerprint density at radius 1 is 1.11 bits per heavy atom. The van der Waals surface area contributed by atoms with Crippen LogP contribution in [0, 0.1) is 19.7 Å². The molecule has 0 unspecified atom stereocenters. The molecule has 2 rings (SSSR count). The van der Waals surface area contributed by atoms with Gasteiger partial charge in [-0.2, -0.15) is 0 Å². The smallest absolute Gasteiger partial charge is 0.256 e. The predicted molar refractivity (Wildman–Crippen MR) is 66.7 cm³/mol. The van der Waals surface area contributed by atoms with E-state index in [1.54, 1.807) is 32.2 Å². The molecule has 94 valence electrons. The third-order valence-corrected chi connectivity index (χ3v) is 2.64. The number of hydrogen-bond acceptors (Lipinski definition) is 3. The molecule has 0 aliphatic heterocycles. The average Bonchev–Trinajstić information content (AvgIpc) is 2.37. The molecule has 0 bridgehead atoms. The van der Waals surface area contributed by atoms with Gasteiger partial charge in [-0.15, -0.1) is 0 Å². The van der Waals surface area contributed by atoms with Crippen molar-refractivity contribution < 1.29 is 13.9 Å². The summed E-state index contributed by atoms with van der Waals surface area (Å²) in [4.78, 5) is 3.87. The van der Waals surface area contributed by atoms with Gasteiger partial charge in [-0.3, -0.25) is 0 Å². The maximum atomic E-state index is 13.7. The van der Waals surface area contributed by atoms with Gasteiger partial charge >= 0.3 is 0 Å². The monoisotopic (exact) mass is 247 g/mol. The summed E-state index contributed by atoms with van der Waals surface area (Å²) in [7, 11) is 1.58. The molecule has 1 heterocycles. The highest BCUT2D eigenvalue weighted by Gasteiger charge is 2.09. The van der Waals surface area contributed by atoms with Crippen molar-refractivity contribution in [2.24, 2.45) is 0 Å². The highest BCUT2D eigenvalue weighted by molar-refractivity contribution is 5.41. The summed E-state index contributed by atoms with van der Waals surface area (Å²) in [6.07, 6.45) is 1.51. The van der Waals surface area contributed by atoms with Gasteiger partial charge in [-0.05, 0) is 37.1 Å². The first-order chi connectivity index (χ1) is 8.61. The Balaban J connectivity index is 2.31. The molecular weight excluding hydrogens is 233 g/mol. The van der Waals surface area contributed by atoms with Gasteiger partial charge in [0.05, 0.1) is 7.11 Å². The van der Waals surface area contributed by atoms with E-state index in [-0.39, 0.29) is 5.88 Å². The molecule has 0 saturated carbocycles. The zero-order chi connectivity index (χ0) is 13.1. The highest BCUT2D eigenvalue weighted by Crippen LogP contribution is 2.28. The van der Waals surface area contributed by atoms with Crippen LogP contribution in [0.2, 0.25) is 0 Å². The van der Waals surface area contributed by atoms with E-state index in [9.17, 15) is 4.39 Å². The number of methoxy groups -OCH3 is 1. The van der Waals surface area contributed by atoms with Crippen molar-refractivity contribution in [1.29, 1.82) is 0 Å². The maximum absolute atomic E-state index is 13.7. The number of halogens is 1. The van der Waals surface area contributed by atoms with Crippen LogP contribution < -0.4 is 9.47 Å². The van der Waals surface area contributed by atoms with E-state index in [4.69, 9.17) is 9.47 Å². The van der Waals surface area contributed by atoms with Crippen LogP contribution in [0.15, 0.2) is 30.5 Å². The first-order valence-corrected chi connectivity index (χ1v) is 5.55. The van der Waals surface area contributed by atoms with E-state index in [1.807, 2.05) is 13.0 Å². The Morgan fingerprint density at radius 2 is 1.89 bits per heavy atom. The molecule has 0 N–H and O–H groups in total. The Hall–Kier alpha value is -2.10. The standard InChI is InChI=1S/C14H14FNO2/c1-9-4-5-11(8-12(9)17-3)18-14-13(15)10(2)6-7-16-14/h4-8H,1-3H3. The molecule has 1 aromatic carbocycles. The van der Waals surface area contributed by atoms with E-state index >= 15 is 0 Å². The SMILES string of the molecule is COc1cc(Oc2nccc(C)c2F)ccc1C. The highest BCUT2D eigenvalue weighted by atomic mass is 19.1. The van der Waals surface area contributed by atoms with E-state index < -0.39 is 5.82 Å². The molecule has 0 aliphatic carbocycles. The van der Waals surface area contributed by atoms with Gasteiger partial charge in [0, 0.05) is 12.3 Å². The minimum Gasteiger partial charge on any atom is -0.496 e. The van der Waals surface area contributed by atoms with E-state index in [0.29, 0.717) is 17.1 Å². The number of ether oxygens (including phenoxy) is 2. The van der Waals surface area contributed by atoms with E-state index in [0.717, 1.165) is 5.56 Å². The molecule has 0 radical (unpaired) electrons. The van der Waals surface area contributed by atoms with Crippen LogP contribution in [0.1, 0.15) is 11.1 Å². The van der Waals surface area contributed by atoms with Crippen LogP contribution in [0.25, 0.3) is 0 Å². The van der Waals surface area contributed by atoms with Gasteiger partial charge in [-0.1, -0.05) is 6.07 Å². The predicted octanol–water partition coefficient (Wildman–Crippen LogP) is 3.64. The van der Waals surface area contributed by atoms with Crippen molar-refractivity contribution in [1.82, 2.24) is 4.98 Å². The Bertz CT molecular complexity index is 570. The summed E-state index contributed by atoms with van der Waals surface area (Å²) in [6.45, 7) is 3.59. The molecule has 0 atom stereocenters. The average molecular weight is 247 g/mol. The fourth-order valence-corrected chi connectivity index (χ4v) is 1.56. The third kappa shape index (κ3) is 2.42. The zero-order valence-electron chi connectivity index (χ0n) is 10.5. The quantitative estimate of drug-likeness (QED) is 0.829. The fraction of sp³-hybridized carbons (Fsp3) is 0.214. The Labute approximate surface area is 105 Å². The molecule has 0 amide bonds. The molecule has 0 aliphatic rings. The second-order valence-corrected chi connectivity index (χ2v) is 3.98. The largest absolute Gasteiger partial charge is 0.496 e. The zero-order valence-corrected chi connectivity index (χ0v) is 10.5. The van der Waals surface area contributed by atoms with Gasteiger partial charge in [-0.25, -0.2) is 9.37 Å². The van der Waals surface area contributed by atoms with E-state index in [2.05, 4.69) is 4.98 Å². The molecule has 2 aromatic rings. The third-order valence-electron chi connectivity index (χ3n) is 2.64. The van der Waals surface area contributed by atoms with Crippen molar-refractivity contribution in [2.45, 2.75) is 13.8 Å². The van der Waals surface area contributed by atoms with Crippen LogP contribution in [-0.4, -0.2) is 12.1 Å². The van der Waals surface area contributed by atoms with Gasteiger partial charge in [0.2, 0.25) is 0 Å². The number of aryl methyl sites for hydroxylation is 2. The summed E-state index contributed by atoms with van der Waals surface area (Å²) >= 11 is 0. The first kappa shape index (κ1) is 12.4. The van der Waals surface area contributed by atoms with Crippen LogP contribution in [0.4, 0.5) is 4.39 Å². The normalized spacial score (nSPS) is 10.2. The van der Waals surface area contributed by atoms with Crippen molar-refractivity contribution >= 4 is 0 Å². The van der Waals surface area contributed by atoms with Crippen molar-refractivity contribution in [3.63, 3.8) is 0 Å². The first-order valence-electron chi connectivity index (χ1n) is 5.55. The molecule has 0 saturated heterocycles. The second-order valence-electron chi connectivity index (χ2n) is 3.98. The minimum absolute atomic E-state index is 0.0269. The number of pyridine rings is 1.